The van der Waals surface area contributed by atoms with E-state index < -0.39 is 12.1 Å². The smallest absolute Gasteiger partial charge is 0.312 e. The van der Waals surface area contributed by atoms with Gasteiger partial charge in [-0.15, -0.1) is 0 Å². The van der Waals surface area contributed by atoms with E-state index >= 15 is 0 Å². The van der Waals surface area contributed by atoms with E-state index in [1.165, 1.54) is 0 Å². The second-order valence-corrected chi connectivity index (χ2v) is 7.33. The lowest BCUT2D eigenvalue weighted by molar-refractivity contribution is -0.133. The Kier molecular flexibility index (Phi) is 5.87. The van der Waals surface area contributed by atoms with Crippen LogP contribution >= 0.6 is 0 Å². The van der Waals surface area contributed by atoms with Crippen molar-refractivity contribution < 1.29 is 14.4 Å². The average Bonchev–Trinajstić information content (AvgIpc) is 2.95. The molecule has 1 aromatic heterocycles. The minimum Gasteiger partial charge on any atom is -0.352 e. The number of nitrogens with zero attached hydrogens (tertiary/aromatic N) is 2. The number of fused-ring (bicyclic) bond motifs is 1. The van der Waals surface area contributed by atoms with Gasteiger partial charge in [0.05, 0.1) is 0 Å². The molecule has 3 rings (SSSR count). The molecule has 1 aromatic carbocycles. The number of nitrogens with two attached hydrogens (primary N) is 1. The highest BCUT2D eigenvalue weighted by Crippen LogP contribution is 2.20. The van der Waals surface area contributed by atoms with Gasteiger partial charge in [0.1, 0.15) is 11.7 Å². The maximum absolute atomic E-state index is 12.9. The van der Waals surface area contributed by atoms with E-state index in [2.05, 4.69) is 10.3 Å². The molecule has 1 aliphatic heterocycles. The number of hydrogen-bond acceptors (Lipinski definition) is 3. The predicted octanol–water partition coefficient (Wildman–Crippen LogP) is 1.68. The summed E-state index contributed by atoms with van der Waals surface area (Å²) < 4.78 is 0. The van der Waals surface area contributed by atoms with Crippen LogP contribution in [0.4, 0.5) is 4.79 Å². The average molecular weight is 385 g/mol. The van der Waals surface area contributed by atoms with E-state index in [4.69, 9.17) is 5.73 Å². The lowest BCUT2D eigenvalue weighted by atomic mass is 10.1. The quantitative estimate of drug-likeness (QED) is 0.744. The lowest BCUT2D eigenvalue weighted by Crippen LogP contribution is -2.50. The number of likely N-dealkylation sites (N-methyl/N-ethyl adjacent to an activating group) is 1. The highest BCUT2D eigenvalue weighted by molar-refractivity contribution is 5.98. The number of amides is 4. The van der Waals surface area contributed by atoms with Gasteiger partial charge < -0.3 is 25.8 Å². The summed E-state index contributed by atoms with van der Waals surface area (Å²) in [6.45, 7) is 2.85. The number of H-pyrrole nitrogens is 1. The van der Waals surface area contributed by atoms with Gasteiger partial charge in [0.2, 0.25) is 5.91 Å². The molecule has 2 atom stereocenters. The SMILES string of the molecule is C[C@H](NC(N)=O)C(=O)N(C)C1CCCN(C(=O)c2cc3ccccc3[nH]2)CC1. The minimum absolute atomic E-state index is 0.0186. The van der Waals surface area contributed by atoms with Crippen molar-refractivity contribution in [3.8, 4) is 0 Å². The summed E-state index contributed by atoms with van der Waals surface area (Å²) in [6.07, 6.45) is 2.31. The summed E-state index contributed by atoms with van der Waals surface area (Å²) in [4.78, 5) is 43.1. The van der Waals surface area contributed by atoms with Gasteiger partial charge >= 0.3 is 6.03 Å². The van der Waals surface area contributed by atoms with Gasteiger partial charge in [-0.25, -0.2) is 4.79 Å². The number of aromatic amines is 1. The third kappa shape index (κ3) is 4.27. The zero-order valence-corrected chi connectivity index (χ0v) is 16.3. The highest BCUT2D eigenvalue weighted by Gasteiger charge is 2.28. The molecule has 1 unspecified atom stereocenters. The first-order chi connectivity index (χ1) is 13.4. The third-order valence-electron chi connectivity index (χ3n) is 5.37. The Morgan fingerprint density at radius 3 is 2.71 bits per heavy atom. The number of carbonyl (C=O) groups is 3. The van der Waals surface area contributed by atoms with Crippen LogP contribution in [-0.4, -0.2) is 64.9 Å². The molecule has 8 nitrogen and oxygen atoms in total. The number of rotatable bonds is 4. The Morgan fingerprint density at radius 2 is 2.00 bits per heavy atom. The molecule has 0 saturated carbocycles. The van der Waals surface area contributed by atoms with E-state index in [9.17, 15) is 14.4 Å². The second-order valence-electron chi connectivity index (χ2n) is 7.33. The molecule has 0 radical (unpaired) electrons. The molecule has 2 heterocycles. The van der Waals surface area contributed by atoms with Crippen LogP contribution in [0.25, 0.3) is 10.9 Å². The van der Waals surface area contributed by atoms with Crippen molar-refractivity contribution in [3.05, 3.63) is 36.0 Å². The maximum atomic E-state index is 12.9. The first-order valence-corrected chi connectivity index (χ1v) is 9.56. The van der Waals surface area contributed by atoms with Gasteiger partial charge in [0, 0.05) is 37.1 Å². The maximum Gasteiger partial charge on any atom is 0.312 e. The number of hydrogen-bond donors (Lipinski definition) is 3. The number of likely N-dealkylation sites (tertiary alicyclic amines) is 1. The number of primary amides is 1. The van der Waals surface area contributed by atoms with Crippen molar-refractivity contribution in [2.24, 2.45) is 5.73 Å². The normalized spacial score (nSPS) is 18.4. The Bertz CT molecular complexity index is 845. The molecule has 0 bridgehead atoms. The molecular formula is C20H27N5O3. The Hall–Kier alpha value is -3.03. The van der Waals surface area contributed by atoms with Crippen LogP contribution in [-0.2, 0) is 4.79 Å². The van der Waals surface area contributed by atoms with E-state index in [0.717, 1.165) is 23.7 Å². The van der Waals surface area contributed by atoms with Gasteiger partial charge in [-0.2, -0.15) is 0 Å². The molecule has 4 amide bonds. The first-order valence-electron chi connectivity index (χ1n) is 9.56. The number of aromatic nitrogens is 1. The summed E-state index contributed by atoms with van der Waals surface area (Å²) in [6, 6.07) is 8.32. The van der Waals surface area contributed by atoms with E-state index in [-0.39, 0.29) is 17.9 Å². The summed E-state index contributed by atoms with van der Waals surface area (Å²) >= 11 is 0. The Balaban J connectivity index is 1.63. The zero-order chi connectivity index (χ0) is 20.3. The number of para-hydroxylation sites is 1. The largest absolute Gasteiger partial charge is 0.352 e. The molecule has 0 spiro atoms. The van der Waals surface area contributed by atoms with E-state index in [1.54, 1.807) is 18.9 Å². The third-order valence-corrected chi connectivity index (χ3v) is 5.37. The van der Waals surface area contributed by atoms with Gasteiger partial charge in [-0.1, -0.05) is 18.2 Å². The molecule has 0 aliphatic carbocycles. The summed E-state index contributed by atoms with van der Waals surface area (Å²) in [5.41, 5.74) is 6.63. The van der Waals surface area contributed by atoms with Crippen LogP contribution < -0.4 is 11.1 Å². The van der Waals surface area contributed by atoms with Crippen LogP contribution in [0.5, 0.6) is 0 Å². The van der Waals surface area contributed by atoms with Crippen LogP contribution in [0.1, 0.15) is 36.7 Å². The van der Waals surface area contributed by atoms with Crippen LogP contribution in [0.2, 0.25) is 0 Å². The van der Waals surface area contributed by atoms with Gasteiger partial charge in [-0.3, -0.25) is 9.59 Å². The summed E-state index contributed by atoms with van der Waals surface area (Å²) in [7, 11) is 1.74. The van der Waals surface area contributed by atoms with E-state index in [0.29, 0.717) is 25.2 Å². The molecule has 4 N–H and O–H groups in total. The fraction of sp³-hybridized carbons (Fsp3) is 0.450. The van der Waals surface area contributed by atoms with Gasteiger partial charge in [-0.05, 0) is 38.3 Å². The molecule has 150 valence electrons. The fourth-order valence-electron chi connectivity index (χ4n) is 3.79. The molecule has 1 saturated heterocycles. The van der Waals surface area contributed by atoms with Crippen molar-refractivity contribution in [2.75, 3.05) is 20.1 Å². The number of urea groups is 1. The Labute approximate surface area is 164 Å². The standard InChI is InChI=1S/C20H27N5O3/c1-13(22-20(21)28)18(26)24(2)15-7-5-10-25(11-9-15)19(27)17-12-14-6-3-4-8-16(14)23-17/h3-4,6,8,12-13,15,23H,5,7,9-11H2,1-2H3,(H3,21,22,28)/t13-,15?/m0/s1. The molecule has 28 heavy (non-hydrogen) atoms. The molecule has 1 aliphatic rings. The molecule has 1 fully saturated rings. The predicted molar refractivity (Wildman–Crippen MR) is 107 cm³/mol. The topological polar surface area (TPSA) is 112 Å². The first kappa shape index (κ1) is 19.7. The second kappa shape index (κ2) is 8.33. The van der Waals surface area contributed by atoms with Gasteiger partial charge in [0.15, 0.2) is 0 Å². The van der Waals surface area contributed by atoms with Crippen LogP contribution in [0.3, 0.4) is 0 Å². The van der Waals surface area contributed by atoms with E-state index in [1.807, 2.05) is 35.2 Å². The Morgan fingerprint density at radius 1 is 1.25 bits per heavy atom. The number of benzene rings is 1. The molecular weight excluding hydrogens is 358 g/mol. The van der Waals surface area contributed by atoms with Crippen LogP contribution in [0.15, 0.2) is 30.3 Å². The van der Waals surface area contributed by atoms with Crippen molar-refractivity contribution in [1.82, 2.24) is 20.1 Å². The molecule has 2 aromatic rings. The number of carbonyl (C=O) groups excluding carboxylic acids is 3. The van der Waals surface area contributed by atoms with Crippen molar-refractivity contribution in [1.29, 1.82) is 0 Å². The van der Waals surface area contributed by atoms with Crippen molar-refractivity contribution in [3.63, 3.8) is 0 Å². The zero-order valence-electron chi connectivity index (χ0n) is 16.3. The fourth-order valence-corrected chi connectivity index (χ4v) is 3.79. The van der Waals surface area contributed by atoms with Crippen molar-refractivity contribution >= 4 is 28.7 Å². The molecule has 8 heteroatoms. The van der Waals surface area contributed by atoms with Gasteiger partial charge in [0.25, 0.3) is 5.91 Å². The summed E-state index contributed by atoms with van der Waals surface area (Å²) in [5, 5.41) is 3.43. The monoisotopic (exact) mass is 385 g/mol. The summed E-state index contributed by atoms with van der Waals surface area (Å²) in [5.74, 6) is -0.200. The highest BCUT2D eigenvalue weighted by atomic mass is 16.2. The van der Waals surface area contributed by atoms with Crippen LogP contribution in [0, 0.1) is 0 Å². The lowest BCUT2D eigenvalue weighted by Gasteiger charge is -2.29. The van der Waals surface area contributed by atoms with Crippen molar-refractivity contribution in [2.45, 2.75) is 38.3 Å². The number of nitrogens with one attached hydrogen (secondary N) is 2. The minimum atomic E-state index is -0.717.